The normalized spacial score (nSPS) is 26.1. The molecule has 2 aliphatic carbocycles. The van der Waals surface area contributed by atoms with E-state index in [2.05, 4.69) is 10.6 Å². The SMILES string of the molecule is O=C(CCCNC(=O)C1CC1)NC1CCCCC1CO. The van der Waals surface area contributed by atoms with Crippen LogP contribution < -0.4 is 10.6 Å². The van der Waals surface area contributed by atoms with E-state index in [1.54, 1.807) is 0 Å². The summed E-state index contributed by atoms with van der Waals surface area (Å²) in [6.07, 6.45) is 7.38. The number of amides is 2. The molecule has 0 radical (unpaired) electrons. The Balaban J connectivity index is 1.58. The van der Waals surface area contributed by atoms with E-state index in [4.69, 9.17) is 0 Å². The predicted octanol–water partition coefficient (Wildman–Crippen LogP) is 0.960. The summed E-state index contributed by atoms with van der Waals surface area (Å²) in [5, 5.41) is 15.2. The lowest BCUT2D eigenvalue weighted by atomic mass is 9.85. The Kier molecular flexibility index (Phi) is 5.83. The molecule has 2 atom stereocenters. The molecular formula is C15H26N2O3. The summed E-state index contributed by atoms with van der Waals surface area (Å²) in [6, 6.07) is 0.127. The van der Waals surface area contributed by atoms with Gasteiger partial charge in [0.2, 0.25) is 11.8 Å². The van der Waals surface area contributed by atoms with Crippen LogP contribution in [0.15, 0.2) is 0 Å². The monoisotopic (exact) mass is 282 g/mol. The highest BCUT2D eigenvalue weighted by Crippen LogP contribution is 2.28. The van der Waals surface area contributed by atoms with Gasteiger partial charge >= 0.3 is 0 Å². The van der Waals surface area contributed by atoms with E-state index in [1.807, 2.05) is 0 Å². The lowest BCUT2D eigenvalue weighted by Crippen LogP contribution is -2.43. The molecule has 2 amide bonds. The quantitative estimate of drug-likeness (QED) is 0.609. The first-order chi connectivity index (χ1) is 9.70. The number of hydrogen-bond acceptors (Lipinski definition) is 3. The molecule has 2 rings (SSSR count). The fourth-order valence-corrected chi connectivity index (χ4v) is 2.85. The highest BCUT2D eigenvalue weighted by atomic mass is 16.3. The maximum atomic E-state index is 11.9. The first-order valence-corrected chi connectivity index (χ1v) is 7.88. The van der Waals surface area contributed by atoms with Crippen molar-refractivity contribution in [3.05, 3.63) is 0 Å². The van der Waals surface area contributed by atoms with Crippen molar-refractivity contribution in [2.75, 3.05) is 13.2 Å². The highest BCUT2D eigenvalue weighted by Gasteiger charge is 2.29. The van der Waals surface area contributed by atoms with Crippen LogP contribution >= 0.6 is 0 Å². The Morgan fingerprint density at radius 1 is 1.10 bits per heavy atom. The molecule has 0 bridgehead atoms. The van der Waals surface area contributed by atoms with Crippen LogP contribution in [0.2, 0.25) is 0 Å². The average molecular weight is 282 g/mol. The number of carbonyl (C=O) groups excluding carboxylic acids is 2. The lowest BCUT2D eigenvalue weighted by molar-refractivity contribution is -0.124. The third-order valence-corrected chi connectivity index (χ3v) is 4.32. The van der Waals surface area contributed by atoms with E-state index in [0.29, 0.717) is 19.4 Å². The fraction of sp³-hybridized carbons (Fsp3) is 0.867. The van der Waals surface area contributed by atoms with E-state index in [1.165, 1.54) is 0 Å². The van der Waals surface area contributed by atoms with Gasteiger partial charge in [-0.15, -0.1) is 0 Å². The summed E-state index contributed by atoms with van der Waals surface area (Å²) in [6.45, 7) is 0.735. The molecule has 5 nitrogen and oxygen atoms in total. The Labute approximate surface area is 120 Å². The Morgan fingerprint density at radius 2 is 1.85 bits per heavy atom. The molecule has 3 N–H and O–H groups in total. The molecule has 5 heteroatoms. The molecule has 0 aromatic rings. The number of aliphatic hydroxyl groups is 1. The van der Waals surface area contributed by atoms with E-state index < -0.39 is 0 Å². The van der Waals surface area contributed by atoms with Crippen LogP contribution in [0, 0.1) is 11.8 Å². The lowest BCUT2D eigenvalue weighted by Gasteiger charge is -2.30. The van der Waals surface area contributed by atoms with Crippen molar-refractivity contribution in [2.24, 2.45) is 11.8 Å². The van der Waals surface area contributed by atoms with Crippen molar-refractivity contribution in [3.63, 3.8) is 0 Å². The number of hydrogen-bond donors (Lipinski definition) is 3. The van der Waals surface area contributed by atoms with Gasteiger partial charge < -0.3 is 15.7 Å². The second-order valence-corrected chi connectivity index (χ2v) is 6.07. The molecule has 0 saturated heterocycles. The van der Waals surface area contributed by atoms with Crippen LogP contribution in [-0.4, -0.2) is 36.1 Å². The van der Waals surface area contributed by atoms with Crippen LogP contribution in [0.1, 0.15) is 51.4 Å². The third-order valence-electron chi connectivity index (χ3n) is 4.32. The zero-order chi connectivity index (χ0) is 14.4. The molecule has 2 aliphatic rings. The van der Waals surface area contributed by atoms with Gasteiger partial charge in [0.1, 0.15) is 0 Å². The standard InChI is InChI=1S/C15H26N2O3/c18-10-12-4-1-2-5-13(12)17-14(19)6-3-9-16-15(20)11-7-8-11/h11-13,18H,1-10H2,(H,16,20)(H,17,19). The minimum absolute atomic E-state index is 0.0380. The molecule has 2 fully saturated rings. The van der Waals surface area contributed by atoms with Crippen molar-refractivity contribution in [1.82, 2.24) is 10.6 Å². The van der Waals surface area contributed by atoms with Gasteiger partial charge in [-0.25, -0.2) is 0 Å². The van der Waals surface area contributed by atoms with E-state index >= 15 is 0 Å². The van der Waals surface area contributed by atoms with Gasteiger partial charge in [-0.2, -0.15) is 0 Å². The summed E-state index contributed by atoms with van der Waals surface area (Å²) in [5.74, 6) is 0.618. The minimum Gasteiger partial charge on any atom is -0.396 e. The number of rotatable bonds is 7. The van der Waals surface area contributed by atoms with Crippen molar-refractivity contribution in [3.8, 4) is 0 Å². The molecule has 0 heterocycles. The summed E-state index contributed by atoms with van der Waals surface area (Å²) >= 11 is 0. The summed E-state index contributed by atoms with van der Waals surface area (Å²) < 4.78 is 0. The maximum Gasteiger partial charge on any atom is 0.223 e. The van der Waals surface area contributed by atoms with Crippen molar-refractivity contribution < 1.29 is 14.7 Å². The molecule has 2 saturated carbocycles. The highest BCUT2D eigenvalue weighted by molar-refractivity contribution is 5.81. The largest absolute Gasteiger partial charge is 0.396 e. The van der Waals surface area contributed by atoms with Crippen molar-refractivity contribution in [1.29, 1.82) is 0 Å². The average Bonchev–Trinajstić information content (AvgIpc) is 3.28. The van der Waals surface area contributed by atoms with Gasteiger partial charge in [-0.05, 0) is 32.1 Å². The van der Waals surface area contributed by atoms with E-state index in [-0.39, 0.29) is 36.3 Å². The number of nitrogens with one attached hydrogen (secondary N) is 2. The minimum atomic E-state index is 0.0380. The topological polar surface area (TPSA) is 78.4 Å². The molecular weight excluding hydrogens is 256 g/mol. The first-order valence-electron chi connectivity index (χ1n) is 7.88. The van der Waals surface area contributed by atoms with E-state index in [0.717, 1.165) is 38.5 Å². The first kappa shape index (κ1) is 15.3. The van der Waals surface area contributed by atoms with Crippen molar-refractivity contribution >= 4 is 11.8 Å². The van der Waals surface area contributed by atoms with Crippen molar-refractivity contribution in [2.45, 2.75) is 57.4 Å². The smallest absolute Gasteiger partial charge is 0.223 e. The molecule has 114 valence electrons. The molecule has 0 aromatic carbocycles. The summed E-state index contributed by atoms with van der Waals surface area (Å²) in [7, 11) is 0. The predicted molar refractivity (Wildman–Crippen MR) is 75.9 cm³/mol. The fourth-order valence-electron chi connectivity index (χ4n) is 2.85. The number of aliphatic hydroxyl groups excluding tert-OH is 1. The second kappa shape index (κ2) is 7.62. The maximum absolute atomic E-state index is 11.9. The molecule has 0 aromatic heterocycles. The van der Waals surface area contributed by atoms with Gasteiger partial charge in [0.15, 0.2) is 0 Å². The number of carbonyl (C=O) groups is 2. The summed E-state index contributed by atoms with van der Waals surface area (Å²) in [5.41, 5.74) is 0. The second-order valence-electron chi connectivity index (χ2n) is 6.07. The molecule has 2 unspecified atom stereocenters. The van der Waals surface area contributed by atoms with Gasteiger partial charge in [0.05, 0.1) is 0 Å². The molecule has 0 aliphatic heterocycles. The van der Waals surface area contributed by atoms with Gasteiger partial charge in [0, 0.05) is 37.5 Å². The Bertz CT molecular complexity index is 342. The van der Waals surface area contributed by atoms with Crippen LogP contribution in [0.25, 0.3) is 0 Å². The van der Waals surface area contributed by atoms with Gasteiger partial charge in [0.25, 0.3) is 0 Å². The van der Waals surface area contributed by atoms with Crippen LogP contribution in [0.3, 0.4) is 0 Å². The van der Waals surface area contributed by atoms with Crippen LogP contribution in [0.4, 0.5) is 0 Å². The van der Waals surface area contributed by atoms with Crippen LogP contribution in [0.5, 0.6) is 0 Å². The van der Waals surface area contributed by atoms with Crippen LogP contribution in [-0.2, 0) is 9.59 Å². The zero-order valence-electron chi connectivity index (χ0n) is 12.1. The molecule has 20 heavy (non-hydrogen) atoms. The van der Waals surface area contributed by atoms with E-state index in [9.17, 15) is 14.7 Å². The van der Waals surface area contributed by atoms with Gasteiger partial charge in [-0.3, -0.25) is 9.59 Å². The molecule has 0 spiro atoms. The van der Waals surface area contributed by atoms with Gasteiger partial charge in [-0.1, -0.05) is 12.8 Å². The Hall–Kier alpha value is -1.10. The third kappa shape index (κ3) is 4.78. The summed E-state index contributed by atoms with van der Waals surface area (Å²) in [4.78, 5) is 23.3. The Morgan fingerprint density at radius 3 is 2.55 bits per heavy atom. The zero-order valence-corrected chi connectivity index (χ0v) is 12.1.